The lowest BCUT2D eigenvalue weighted by atomic mass is 9.85. The van der Waals surface area contributed by atoms with Crippen LogP contribution < -0.4 is 5.73 Å². The lowest BCUT2D eigenvalue weighted by Crippen LogP contribution is -2.41. The number of likely N-dealkylation sites (tertiary alicyclic amines) is 1. The quantitative estimate of drug-likeness (QED) is 0.897. The maximum atomic E-state index is 12.6. The molecule has 1 aliphatic heterocycles. The molecule has 2 atom stereocenters. The second-order valence-electron chi connectivity index (χ2n) is 6.98. The van der Waals surface area contributed by atoms with Gasteiger partial charge in [0.2, 0.25) is 5.91 Å². The van der Waals surface area contributed by atoms with Crippen LogP contribution in [0.15, 0.2) is 28.7 Å². The summed E-state index contributed by atoms with van der Waals surface area (Å²) in [5.74, 6) is 0.180. The van der Waals surface area contributed by atoms with Gasteiger partial charge in [0.25, 0.3) is 0 Å². The van der Waals surface area contributed by atoms with Gasteiger partial charge in [-0.2, -0.15) is 0 Å². The first-order valence-electron chi connectivity index (χ1n) is 7.59. The second-order valence-corrected chi connectivity index (χ2v) is 7.89. The normalized spacial score (nSPS) is 20.6. The van der Waals surface area contributed by atoms with Crippen molar-refractivity contribution in [1.82, 2.24) is 4.90 Å². The van der Waals surface area contributed by atoms with Crippen molar-refractivity contribution in [3.05, 3.63) is 34.3 Å². The highest BCUT2D eigenvalue weighted by Gasteiger charge is 2.32. The fraction of sp³-hybridized carbons (Fsp3) is 0.588. The number of nitrogens with two attached hydrogens (primary N) is 1. The summed E-state index contributed by atoms with van der Waals surface area (Å²) in [6, 6.07) is 8.35. The largest absolute Gasteiger partial charge is 0.336 e. The van der Waals surface area contributed by atoms with E-state index < -0.39 is 0 Å². The van der Waals surface area contributed by atoms with E-state index >= 15 is 0 Å². The van der Waals surface area contributed by atoms with E-state index in [9.17, 15) is 4.79 Å². The van der Waals surface area contributed by atoms with Gasteiger partial charge in [-0.05, 0) is 36.0 Å². The van der Waals surface area contributed by atoms with Crippen molar-refractivity contribution in [2.75, 3.05) is 6.54 Å². The smallest absolute Gasteiger partial charge is 0.224 e. The van der Waals surface area contributed by atoms with Crippen LogP contribution in [0.5, 0.6) is 0 Å². The highest BCUT2D eigenvalue weighted by molar-refractivity contribution is 9.10. The Hall–Kier alpha value is -0.870. The molecule has 0 aliphatic carbocycles. The lowest BCUT2D eigenvalue weighted by molar-refractivity contribution is -0.133. The molecule has 2 unspecified atom stereocenters. The minimum Gasteiger partial charge on any atom is -0.336 e. The molecule has 0 bridgehead atoms. The molecule has 1 saturated heterocycles. The van der Waals surface area contributed by atoms with Crippen LogP contribution in [0.1, 0.15) is 51.6 Å². The van der Waals surface area contributed by atoms with Gasteiger partial charge in [-0.1, -0.05) is 48.8 Å². The number of hydrogen-bond donors (Lipinski definition) is 1. The summed E-state index contributed by atoms with van der Waals surface area (Å²) >= 11 is 3.51. The van der Waals surface area contributed by atoms with Gasteiger partial charge in [0.1, 0.15) is 0 Å². The van der Waals surface area contributed by atoms with Gasteiger partial charge in [-0.15, -0.1) is 0 Å². The Bertz CT molecular complexity index is 510. The molecule has 0 spiro atoms. The van der Waals surface area contributed by atoms with E-state index in [0.717, 1.165) is 23.9 Å². The topological polar surface area (TPSA) is 46.3 Å². The number of carbonyl (C=O) groups excluding carboxylic acids is 1. The summed E-state index contributed by atoms with van der Waals surface area (Å²) in [5, 5.41) is 0. The monoisotopic (exact) mass is 352 g/mol. The number of nitrogens with zero attached hydrogens (tertiary/aromatic N) is 1. The maximum absolute atomic E-state index is 12.6. The van der Waals surface area contributed by atoms with E-state index in [1.54, 1.807) is 0 Å². The summed E-state index contributed by atoms with van der Waals surface area (Å²) in [6.07, 6.45) is 2.52. The lowest BCUT2D eigenvalue weighted by Gasteiger charge is -2.31. The average Bonchev–Trinajstić information content (AvgIpc) is 2.86. The molecular formula is C17H25BrN2O. The SMILES string of the molecule is CC(C)(C)C(N)CC(=O)N1CCCC1c1cccc(Br)c1. The number of hydrogen-bond acceptors (Lipinski definition) is 2. The number of benzene rings is 1. The van der Waals surface area contributed by atoms with Crippen LogP contribution in [0.4, 0.5) is 0 Å². The summed E-state index contributed by atoms with van der Waals surface area (Å²) in [7, 11) is 0. The molecule has 2 N–H and O–H groups in total. The van der Waals surface area contributed by atoms with Gasteiger partial charge in [0.15, 0.2) is 0 Å². The number of rotatable bonds is 3. The highest BCUT2D eigenvalue weighted by atomic mass is 79.9. The zero-order valence-corrected chi connectivity index (χ0v) is 14.7. The summed E-state index contributed by atoms with van der Waals surface area (Å²) < 4.78 is 1.06. The fourth-order valence-corrected chi connectivity index (χ4v) is 3.15. The second kappa shape index (κ2) is 6.49. The van der Waals surface area contributed by atoms with E-state index in [1.165, 1.54) is 5.56 Å². The predicted molar refractivity (Wildman–Crippen MR) is 89.9 cm³/mol. The van der Waals surface area contributed by atoms with Gasteiger partial charge >= 0.3 is 0 Å². The van der Waals surface area contributed by atoms with Crippen molar-refractivity contribution in [2.24, 2.45) is 11.1 Å². The molecule has 1 aromatic rings. The van der Waals surface area contributed by atoms with Crippen LogP contribution in [0.2, 0.25) is 0 Å². The van der Waals surface area contributed by atoms with Crippen molar-refractivity contribution in [3.63, 3.8) is 0 Å². The van der Waals surface area contributed by atoms with Gasteiger partial charge in [-0.25, -0.2) is 0 Å². The van der Waals surface area contributed by atoms with Crippen molar-refractivity contribution < 1.29 is 4.79 Å². The van der Waals surface area contributed by atoms with Crippen LogP contribution in [0, 0.1) is 5.41 Å². The Morgan fingerprint density at radius 1 is 1.48 bits per heavy atom. The zero-order chi connectivity index (χ0) is 15.6. The molecule has 0 radical (unpaired) electrons. The van der Waals surface area contributed by atoms with Gasteiger partial charge < -0.3 is 10.6 Å². The summed E-state index contributed by atoms with van der Waals surface area (Å²) in [5.41, 5.74) is 7.34. The Labute approximate surface area is 136 Å². The Morgan fingerprint density at radius 3 is 2.81 bits per heavy atom. The molecule has 1 amide bonds. The van der Waals surface area contributed by atoms with Gasteiger partial charge in [-0.3, -0.25) is 4.79 Å². The number of carbonyl (C=O) groups is 1. The maximum Gasteiger partial charge on any atom is 0.224 e. The zero-order valence-electron chi connectivity index (χ0n) is 13.1. The third kappa shape index (κ3) is 4.07. The molecule has 1 aromatic carbocycles. The van der Waals surface area contributed by atoms with Gasteiger partial charge in [0, 0.05) is 23.5 Å². The highest BCUT2D eigenvalue weighted by Crippen LogP contribution is 2.34. The Balaban J connectivity index is 2.10. The van der Waals surface area contributed by atoms with Crippen molar-refractivity contribution >= 4 is 21.8 Å². The first-order valence-corrected chi connectivity index (χ1v) is 8.39. The molecule has 1 heterocycles. The van der Waals surface area contributed by atoms with Crippen LogP contribution in [0.3, 0.4) is 0 Å². The first kappa shape index (κ1) is 16.5. The van der Waals surface area contributed by atoms with Crippen LogP contribution in [0.25, 0.3) is 0 Å². The summed E-state index contributed by atoms with van der Waals surface area (Å²) in [6.45, 7) is 7.09. The molecule has 0 aromatic heterocycles. The molecule has 116 valence electrons. The third-order valence-electron chi connectivity index (χ3n) is 4.31. The average molecular weight is 353 g/mol. The molecule has 1 fully saturated rings. The molecule has 1 aliphatic rings. The standard InChI is InChI=1S/C17H25BrN2O/c1-17(2,3)15(19)11-16(21)20-9-5-8-14(20)12-6-4-7-13(18)10-12/h4,6-7,10,14-15H,5,8-9,11,19H2,1-3H3. The third-order valence-corrected chi connectivity index (χ3v) is 4.81. The van der Waals surface area contributed by atoms with Crippen LogP contribution in [-0.4, -0.2) is 23.4 Å². The Kier molecular flexibility index (Phi) is 5.10. The molecule has 3 nitrogen and oxygen atoms in total. The molecular weight excluding hydrogens is 328 g/mol. The Morgan fingerprint density at radius 2 is 2.19 bits per heavy atom. The van der Waals surface area contributed by atoms with Crippen molar-refractivity contribution in [1.29, 1.82) is 0 Å². The molecule has 4 heteroatoms. The molecule has 2 rings (SSSR count). The minimum absolute atomic E-state index is 0.0410. The number of amides is 1. The van der Waals surface area contributed by atoms with Crippen LogP contribution >= 0.6 is 15.9 Å². The number of halogens is 1. The van der Waals surface area contributed by atoms with E-state index in [1.807, 2.05) is 17.0 Å². The minimum atomic E-state index is -0.103. The fourth-order valence-electron chi connectivity index (χ4n) is 2.74. The van der Waals surface area contributed by atoms with E-state index in [-0.39, 0.29) is 23.4 Å². The first-order chi connectivity index (χ1) is 9.79. The van der Waals surface area contributed by atoms with Gasteiger partial charge in [0.05, 0.1) is 6.04 Å². The summed E-state index contributed by atoms with van der Waals surface area (Å²) in [4.78, 5) is 14.6. The van der Waals surface area contributed by atoms with Crippen molar-refractivity contribution in [3.8, 4) is 0 Å². The van der Waals surface area contributed by atoms with Crippen LogP contribution in [-0.2, 0) is 4.79 Å². The molecule has 21 heavy (non-hydrogen) atoms. The van der Waals surface area contributed by atoms with E-state index in [4.69, 9.17) is 5.73 Å². The van der Waals surface area contributed by atoms with E-state index in [0.29, 0.717) is 6.42 Å². The van der Waals surface area contributed by atoms with Crippen molar-refractivity contribution in [2.45, 2.75) is 52.1 Å². The van der Waals surface area contributed by atoms with E-state index in [2.05, 4.69) is 48.8 Å². The molecule has 0 saturated carbocycles. The predicted octanol–water partition coefficient (Wildman–Crippen LogP) is 3.88.